The molecule has 0 bridgehead atoms. The van der Waals surface area contributed by atoms with E-state index in [1.54, 1.807) is 37.3 Å². The fourth-order valence-electron chi connectivity index (χ4n) is 4.56. The Morgan fingerprint density at radius 1 is 1.11 bits per heavy atom. The van der Waals surface area contributed by atoms with E-state index in [2.05, 4.69) is 10.4 Å². The van der Waals surface area contributed by atoms with Gasteiger partial charge in [0.25, 0.3) is 0 Å². The first-order chi connectivity index (χ1) is 17.8. The Hall–Kier alpha value is -3.87. The van der Waals surface area contributed by atoms with E-state index in [9.17, 15) is 31.2 Å². The first kappa shape index (κ1) is 27.2. The molecule has 2 aromatic carbocycles. The number of alkyl halides is 3. The maximum absolute atomic E-state index is 13.6. The number of benzene rings is 2. The molecule has 202 valence electrons. The monoisotopic (exact) mass is 550 g/mol. The lowest BCUT2D eigenvalue weighted by atomic mass is 10.2. The second kappa shape index (κ2) is 10.1. The van der Waals surface area contributed by atoms with Crippen LogP contribution in [-0.4, -0.2) is 55.0 Å². The van der Waals surface area contributed by atoms with Crippen LogP contribution >= 0.6 is 0 Å². The van der Waals surface area contributed by atoms with Gasteiger partial charge in [-0.25, -0.2) is 17.9 Å². The second-order valence-corrected chi connectivity index (χ2v) is 11.1. The van der Waals surface area contributed by atoms with Gasteiger partial charge in [0.1, 0.15) is 11.9 Å². The van der Waals surface area contributed by atoms with Crippen LogP contribution in [0.2, 0.25) is 0 Å². The number of carbonyl (C=O) groups is 2. The zero-order valence-electron chi connectivity index (χ0n) is 20.7. The summed E-state index contributed by atoms with van der Waals surface area (Å²) in [6.07, 6.45) is -5.16. The molecule has 1 amide bonds. The number of rotatable bonds is 6. The van der Waals surface area contributed by atoms with E-state index < -0.39 is 43.7 Å². The molecule has 0 spiro atoms. The summed E-state index contributed by atoms with van der Waals surface area (Å²) < 4.78 is 74.3. The number of halogens is 3. The van der Waals surface area contributed by atoms with Gasteiger partial charge in [0.2, 0.25) is 5.91 Å². The molecule has 1 fully saturated rings. The summed E-state index contributed by atoms with van der Waals surface area (Å²) in [4.78, 5) is 24.9. The lowest BCUT2D eigenvalue weighted by Gasteiger charge is -2.25. The molecule has 1 N–H and O–H groups in total. The highest BCUT2D eigenvalue weighted by molar-refractivity contribution is 7.92. The zero-order valence-corrected chi connectivity index (χ0v) is 21.5. The molecule has 0 radical (unpaired) electrons. The summed E-state index contributed by atoms with van der Waals surface area (Å²) in [5.74, 6) is -0.666. The highest BCUT2D eigenvalue weighted by Gasteiger charge is 2.47. The van der Waals surface area contributed by atoms with Gasteiger partial charge >= 0.3 is 12.1 Å². The SMILES string of the molecule is COC(=O)C1CC(S(=O)(=O)c2ccccc2C(F)(F)F)CN1c1cc(C)nn1-c1cccc(NC(C)=O)c1. The van der Waals surface area contributed by atoms with Crippen molar-refractivity contribution < 1.29 is 35.9 Å². The third-order valence-electron chi connectivity index (χ3n) is 6.19. The molecule has 1 aromatic heterocycles. The fraction of sp³-hybridized carbons (Fsp3) is 0.320. The number of nitrogens with one attached hydrogen (secondary N) is 1. The molecule has 0 aliphatic carbocycles. The van der Waals surface area contributed by atoms with Crippen molar-refractivity contribution in [2.24, 2.45) is 0 Å². The van der Waals surface area contributed by atoms with Gasteiger partial charge in [0.05, 0.1) is 34.2 Å². The number of esters is 1. The number of amides is 1. The number of anilines is 2. The molecular formula is C25H25F3N4O5S. The number of hydrogen-bond acceptors (Lipinski definition) is 7. The smallest absolute Gasteiger partial charge is 0.417 e. The number of aryl methyl sites for hydroxylation is 1. The summed E-state index contributed by atoms with van der Waals surface area (Å²) >= 11 is 0. The summed E-state index contributed by atoms with van der Waals surface area (Å²) in [5, 5.41) is 5.81. The van der Waals surface area contributed by atoms with Crippen molar-refractivity contribution in [3.05, 3.63) is 65.9 Å². The minimum atomic E-state index is -4.88. The minimum Gasteiger partial charge on any atom is -0.467 e. The van der Waals surface area contributed by atoms with Gasteiger partial charge in [-0.05, 0) is 43.7 Å². The van der Waals surface area contributed by atoms with Crippen LogP contribution in [0.5, 0.6) is 0 Å². The molecule has 1 aliphatic heterocycles. The second-order valence-electron chi connectivity index (χ2n) is 8.88. The summed E-state index contributed by atoms with van der Waals surface area (Å²) in [7, 11) is -3.35. The number of aromatic nitrogens is 2. The number of methoxy groups -OCH3 is 1. The average molecular weight is 551 g/mol. The molecule has 3 aromatic rings. The van der Waals surface area contributed by atoms with Crippen molar-refractivity contribution in [3.63, 3.8) is 0 Å². The molecule has 1 aliphatic rings. The molecule has 1 saturated heterocycles. The number of sulfone groups is 1. The van der Waals surface area contributed by atoms with Gasteiger partial charge in [-0.3, -0.25) is 4.79 Å². The Kier molecular flexibility index (Phi) is 7.24. The first-order valence-corrected chi connectivity index (χ1v) is 13.1. The van der Waals surface area contributed by atoms with Crippen LogP contribution in [0.15, 0.2) is 59.5 Å². The van der Waals surface area contributed by atoms with Crippen LogP contribution in [0.3, 0.4) is 0 Å². The van der Waals surface area contributed by atoms with E-state index in [-0.39, 0.29) is 18.9 Å². The van der Waals surface area contributed by atoms with Crippen LogP contribution in [0.4, 0.5) is 24.7 Å². The Labute approximate surface area is 217 Å². The molecule has 13 heteroatoms. The number of ether oxygens (including phenoxy) is 1. The van der Waals surface area contributed by atoms with E-state index in [1.165, 1.54) is 22.6 Å². The fourth-order valence-corrected chi connectivity index (χ4v) is 6.47. The molecule has 2 unspecified atom stereocenters. The maximum Gasteiger partial charge on any atom is 0.417 e. The van der Waals surface area contributed by atoms with Gasteiger partial charge in [0, 0.05) is 25.2 Å². The van der Waals surface area contributed by atoms with E-state index in [0.29, 0.717) is 22.9 Å². The van der Waals surface area contributed by atoms with Gasteiger partial charge in [0.15, 0.2) is 9.84 Å². The van der Waals surface area contributed by atoms with Crippen LogP contribution < -0.4 is 10.2 Å². The molecule has 38 heavy (non-hydrogen) atoms. The lowest BCUT2D eigenvalue weighted by molar-refractivity contribution is -0.142. The number of nitrogens with zero attached hydrogens (tertiary/aromatic N) is 3. The van der Waals surface area contributed by atoms with Crippen LogP contribution in [0, 0.1) is 6.92 Å². The quantitative estimate of drug-likeness (QED) is 0.466. The predicted octanol–water partition coefficient (Wildman–Crippen LogP) is 3.75. The van der Waals surface area contributed by atoms with Crippen LogP contribution in [0.1, 0.15) is 24.6 Å². The molecule has 9 nitrogen and oxygen atoms in total. The molecule has 4 rings (SSSR count). The van der Waals surface area contributed by atoms with Gasteiger partial charge in [-0.2, -0.15) is 18.3 Å². The topological polar surface area (TPSA) is 111 Å². The first-order valence-electron chi connectivity index (χ1n) is 11.5. The van der Waals surface area contributed by atoms with Gasteiger partial charge in [-0.15, -0.1) is 0 Å². The van der Waals surface area contributed by atoms with Crippen molar-refractivity contribution in [1.82, 2.24) is 9.78 Å². The summed E-state index contributed by atoms with van der Waals surface area (Å²) in [6.45, 7) is 2.79. The van der Waals surface area contributed by atoms with Crippen LogP contribution in [0.25, 0.3) is 5.69 Å². The average Bonchev–Trinajstić information content (AvgIpc) is 3.47. The highest BCUT2D eigenvalue weighted by atomic mass is 32.2. The Morgan fingerprint density at radius 3 is 2.47 bits per heavy atom. The molecule has 0 saturated carbocycles. The van der Waals surface area contributed by atoms with E-state index in [4.69, 9.17) is 4.74 Å². The van der Waals surface area contributed by atoms with Crippen molar-refractivity contribution in [2.45, 2.75) is 42.6 Å². The predicted molar refractivity (Wildman–Crippen MR) is 133 cm³/mol. The van der Waals surface area contributed by atoms with E-state index in [1.807, 2.05) is 0 Å². The zero-order chi connectivity index (χ0) is 27.8. The molecular weight excluding hydrogens is 525 g/mol. The number of hydrogen-bond donors (Lipinski definition) is 1. The molecule has 2 heterocycles. The minimum absolute atomic E-state index is 0.273. The van der Waals surface area contributed by atoms with Crippen molar-refractivity contribution in [1.29, 1.82) is 0 Å². The largest absolute Gasteiger partial charge is 0.467 e. The molecule has 2 atom stereocenters. The Balaban J connectivity index is 1.78. The van der Waals surface area contributed by atoms with Crippen LogP contribution in [-0.2, 0) is 30.3 Å². The normalized spacial score (nSPS) is 17.9. The van der Waals surface area contributed by atoms with Gasteiger partial charge in [-0.1, -0.05) is 18.2 Å². The summed E-state index contributed by atoms with van der Waals surface area (Å²) in [5.41, 5.74) is 0.284. The van der Waals surface area contributed by atoms with Crippen molar-refractivity contribution >= 4 is 33.2 Å². The third-order valence-corrected chi connectivity index (χ3v) is 8.38. The highest BCUT2D eigenvalue weighted by Crippen LogP contribution is 2.39. The van der Waals surface area contributed by atoms with E-state index in [0.717, 1.165) is 25.3 Å². The summed E-state index contributed by atoms with van der Waals surface area (Å²) in [6, 6.07) is 11.3. The van der Waals surface area contributed by atoms with E-state index >= 15 is 0 Å². The number of carbonyl (C=O) groups excluding carboxylic acids is 2. The standard InChI is InChI=1S/C25H25F3N4O5S/c1-15-11-23(32(30-15)18-8-6-7-17(12-18)29-16(2)33)31-14-19(13-21(31)24(34)37-3)38(35,36)22-10-5-4-9-20(22)25(26,27)28/h4-12,19,21H,13-14H2,1-3H3,(H,29,33). The van der Waals surface area contributed by atoms with Crippen molar-refractivity contribution in [3.8, 4) is 5.69 Å². The van der Waals surface area contributed by atoms with Gasteiger partial charge < -0.3 is 15.0 Å². The lowest BCUT2D eigenvalue weighted by Crippen LogP contribution is -2.38. The maximum atomic E-state index is 13.6. The Bertz CT molecular complexity index is 1490. The third kappa shape index (κ3) is 5.23. The Morgan fingerprint density at radius 2 is 1.82 bits per heavy atom. The van der Waals surface area contributed by atoms with Crippen molar-refractivity contribution in [2.75, 3.05) is 23.9 Å².